The molecule has 1 N–H and O–H groups in total. The van der Waals surface area contributed by atoms with E-state index in [1.54, 1.807) is 0 Å². The third kappa shape index (κ3) is 36.8. The van der Waals surface area contributed by atoms with Gasteiger partial charge >= 0.3 is 11.9 Å². The fourth-order valence-corrected chi connectivity index (χ4v) is 5.69. The summed E-state index contributed by atoms with van der Waals surface area (Å²) in [5, 5.41) is 9.56. The summed E-state index contributed by atoms with van der Waals surface area (Å²) in [6.07, 6.45) is 46.3. The third-order valence-corrected chi connectivity index (χ3v) is 8.70. The van der Waals surface area contributed by atoms with E-state index in [0.717, 1.165) is 64.2 Å². The van der Waals surface area contributed by atoms with E-state index in [2.05, 4.69) is 50.3 Å². The van der Waals surface area contributed by atoms with Gasteiger partial charge in [-0.25, -0.2) is 0 Å². The second-order valence-electron chi connectivity index (χ2n) is 13.3. The number of allylic oxidation sites excluding steroid dienone is 6. The van der Waals surface area contributed by atoms with Crippen LogP contribution in [0.3, 0.4) is 0 Å². The second kappa shape index (κ2) is 38.6. The smallest absolute Gasteiger partial charge is 0.306 e. The van der Waals surface area contributed by atoms with E-state index < -0.39 is 6.10 Å². The lowest BCUT2D eigenvalue weighted by Crippen LogP contribution is -2.28. The van der Waals surface area contributed by atoms with Crippen LogP contribution in [0.4, 0.5) is 0 Å². The number of hydrogen-bond donors (Lipinski definition) is 1. The summed E-state index contributed by atoms with van der Waals surface area (Å²) >= 11 is 0. The molecule has 5 nitrogen and oxygen atoms in total. The van der Waals surface area contributed by atoms with E-state index in [4.69, 9.17) is 9.47 Å². The SMILES string of the molecule is CC/C=C\C/C=C\C/C=C\CCCCCCCCCC(=O)OC(CO)COC(=O)CCCCCCCCCCCCCCCCCC. The van der Waals surface area contributed by atoms with Crippen molar-refractivity contribution in [1.29, 1.82) is 0 Å². The summed E-state index contributed by atoms with van der Waals surface area (Å²) in [5.74, 6) is -0.596. The monoisotopic (exact) mass is 661 g/mol. The van der Waals surface area contributed by atoms with Crippen molar-refractivity contribution < 1.29 is 24.2 Å². The highest BCUT2D eigenvalue weighted by atomic mass is 16.6. The molecule has 1 unspecified atom stereocenters. The van der Waals surface area contributed by atoms with Gasteiger partial charge in [0.2, 0.25) is 0 Å². The van der Waals surface area contributed by atoms with E-state index >= 15 is 0 Å². The number of unbranched alkanes of at least 4 members (excludes halogenated alkanes) is 22. The molecule has 0 fully saturated rings. The fourth-order valence-electron chi connectivity index (χ4n) is 5.69. The molecule has 1 atom stereocenters. The second-order valence-corrected chi connectivity index (χ2v) is 13.3. The highest BCUT2D eigenvalue weighted by Gasteiger charge is 2.16. The number of rotatable bonds is 36. The van der Waals surface area contributed by atoms with E-state index in [1.807, 2.05) is 0 Å². The van der Waals surface area contributed by atoms with Crippen molar-refractivity contribution in [3.05, 3.63) is 36.5 Å². The maximum absolute atomic E-state index is 12.2. The summed E-state index contributed by atoms with van der Waals surface area (Å²) in [4.78, 5) is 24.3. The van der Waals surface area contributed by atoms with Gasteiger partial charge in [0.1, 0.15) is 6.61 Å². The quantitative estimate of drug-likeness (QED) is 0.0411. The van der Waals surface area contributed by atoms with Gasteiger partial charge in [0.25, 0.3) is 0 Å². The van der Waals surface area contributed by atoms with Crippen molar-refractivity contribution >= 4 is 11.9 Å². The van der Waals surface area contributed by atoms with Crippen LogP contribution in [0.1, 0.15) is 200 Å². The lowest BCUT2D eigenvalue weighted by molar-refractivity contribution is -0.161. The highest BCUT2D eigenvalue weighted by molar-refractivity contribution is 5.70. The average molecular weight is 661 g/mol. The van der Waals surface area contributed by atoms with Gasteiger partial charge in [-0.2, -0.15) is 0 Å². The predicted octanol–water partition coefficient (Wildman–Crippen LogP) is 12.5. The zero-order chi connectivity index (χ0) is 34.3. The normalized spacial score (nSPS) is 12.5. The fraction of sp³-hybridized carbons (Fsp3) is 0.810. The standard InChI is InChI=1S/C42H76O5/c1-3-5-7-9-11-13-15-17-19-21-23-25-27-29-31-33-35-37-42(45)47-40(38-43)39-46-41(44)36-34-32-30-28-26-24-22-20-18-16-14-12-10-8-6-4-2/h5,7,11,13,17,19,40,43H,3-4,6,8-10,12,14-16,18,20-39H2,1-2H3/b7-5-,13-11-,19-17-. The number of aliphatic hydroxyl groups is 1. The number of esters is 2. The van der Waals surface area contributed by atoms with Crippen molar-refractivity contribution in [3.8, 4) is 0 Å². The molecule has 0 aromatic carbocycles. The Labute approximate surface area is 291 Å². The number of aliphatic hydroxyl groups excluding tert-OH is 1. The molecule has 274 valence electrons. The van der Waals surface area contributed by atoms with E-state index in [0.29, 0.717) is 12.8 Å². The molecule has 0 aliphatic heterocycles. The Morgan fingerprint density at radius 1 is 0.511 bits per heavy atom. The number of carbonyl (C=O) groups is 2. The summed E-state index contributed by atoms with van der Waals surface area (Å²) in [7, 11) is 0. The van der Waals surface area contributed by atoms with Crippen LogP contribution in [-0.4, -0.2) is 36.4 Å². The van der Waals surface area contributed by atoms with Gasteiger partial charge < -0.3 is 14.6 Å². The van der Waals surface area contributed by atoms with Crippen LogP contribution in [0, 0.1) is 0 Å². The Kier molecular flexibility index (Phi) is 37.0. The molecule has 47 heavy (non-hydrogen) atoms. The van der Waals surface area contributed by atoms with E-state index in [9.17, 15) is 14.7 Å². The molecule has 0 aromatic heterocycles. The van der Waals surface area contributed by atoms with Gasteiger partial charge in [-0.05, 0) is 44.9 Å². The topological polar surface area (TPSA) is 72.8 Å². The molecule has 0 saturated carbocycles. The first-order valence-electron chi connectivity index (χ1n) is 20.0. The van der Waals surface area contributed by atoms with Crippen molar-refractivity contribution in [2.24, 2.45) is 0 Å². The molecule has 0 saturated heterocycles. The zero-order valence-corrected chi connectivity index (χ0v) is 31.0. The first kappa shape index (κ1) is 45.1. The third-order valence-electron chi connectivity index (χ3n) is 8.70. The van der Waals surface area contributed by atoms with E-state index in [1.165, 1.54) is 109 Å². The van der Waals surface area contributed by atoms with Crippen LogP contribution in [0.25, 0.3) is 0 Å². The highest BCUT2D eigenvalue weighted by Crippen LogP contribution is 2.15. The molecule has 0 spiro atoms. The van der Waals surface area contributed by atoms with Crippen LogP contribution in [-0.2, 0) is 19.1 Å². The zero-order valence-electron chi connectivity index (χ0n) is 31.0. The first-order valence-corrected chi connectivity index (χ1v) is 20.0. The van der Waals surface area contributed by atoms with Crippen LogP contribution >= 0.6 is 0 Å². The molecule has 0 aliphatic rings. The van der Waals surface area contributed by atoms with Gasteiger partial charge in [0.15, 0.2) is 6.10 Å². The lowest BCUT2D eigenvalue weighted by atomic mass is 10.0. The van der Waals surface area contributed by atoms with E-state index in [-0.39, 0.29) is 25.2 Å². The molecule has 0 radical (unpaired) electrons. The van der Waals surface area contributed by atoms with Crippen molar-refractivity contribution in [2.45, 2.75) is 206 Å². The Hall–Kier alpha value is -1.88. The Bertz CT molecular complexity index is 756. The number of carbonyl (C=O) groups excluding carboxylic acids is 2. The molecule has 0 aliphatic carbocycles. The first-order chi connectivity index (χ1) is 23.1. The van der Waals surface area contributed by atoms with Crippen molar-refractivity contribution in [3.63, 3.8) is 0 Å². The Balaban J connectivity index is 3.54. The molecule has 0 bridgehead atoms. The molecule has 0 rings (SSSR count). The van der Waals surface area contributed by atoms with Crippen LogP contribution in [0.15, 0.2) is 36.5 Å². The molecule has 0 amide bonds. The average Bonchev–Trinajstić information content (AvgIpc) is 3.07. The van der Waals surface area contributed by atoms with Gasteiger partial charge in [-0.3, -0.25) is 9.59 Å². The minimum absolute atomic E-state index is 0.0670. The molecular weight excluding hydrogens is 584 g/mol. The van der Waals surface area contributed by atoms with Gasteiger partial charge in [-0.1, -0.05) is 179 Å². The number of hydrogen-bond acceptors (Lipinski definition) is 5. The summed E-state index contributed by atoms with van der Waals surface area (Å²) in [5.41, 5.74) is 0. The van der Waals surface area contributed by atoms with Crippen molar-refractivity contribution in [2.75, 3.05) is 13.2 Å². The van der Waals surface area contributed by atoms with Gasteiger partial charge in [-0.15, -0.1) is 0 Å². The molecular formula is C42H76O5. The summed E-state index contributed by atoms with van der Waals surface area (Å²) in [6.45, 7) is 4.03. The molecule has 0 heterocycles. The lowest BCUT2D eigenvalue weighted by Gasteiger charge is -2.15. The Morgan fingerprint density at radius 2 is 0.915 bits per heavy atom. The maximum atomic E-state index is 12.2. The number of ether oxygens (including phenoxy) is 2. The summed E-state index contributed by atoms with van der Waals surface area (Å²) < 4.78 is 10.6. The van der Waals surface area contributed by atoms with Crippen LogP contribution < -0.4 is 0 Å². The molecule has 0 aromatic rings. The van der Waals surface area contributed by atoms with Crippen molar-refractivity contribution in [1.82, 2.24) is 0 Å². The molecule has 5 heteroatoms. The Morgan fingerprint density at radius 3 is 1.38 bits per heavy atom. The van der Waals surface area contributed by atoms with Crippen LogP contribution in [0.5, 0.6) is 0 Å². The summed E-state index contributed by atoms with van der Waals surface area (Å²) in [6, 6.07) is 0. The van der Waals surface area contributed by atoms with Gasteiger partial charge in [0, 0.05) is 12.8 Å². The largest absolute Gasteiger partial charge is 0.462 e. The maximum Gasteiger partial charge on any atom is 0.306 e. The van der Waals surface area contributed by atoms with Crippen LogP contribution in [0.2, 0.25) is 0 Å². The predicted molar refractivity (Wildman–Crippen MR) is 201 cm³/mol. The minimum atomic E-state index is -0.773. The van der Waals surface area contributed by atoms with Gasteiger partial charge in [0.05, 0.1) is 6.61 Å². The minimum Gasteiger partial charge on any atom is -0.462 e.